The first-order valence-electron chi connectivity index (χ1n) is 8.46. The second-order valence-corrected chi connectivity index (χ2v) is 7.07. The molecule has 1 aliphatic heterocycles. The molecule has 1 aromatic heterocycles. The molecule has 26 heavy (non-hydrogen) atoms. The fourth-order valence-corrected chi connectivity index (χ4v) is 3.03. The maximum absolute atomic E-state index is 12.3. The van der Waals surface area contributed by atoms with Crippen LogP contribution in [0.4, 0.5) is 0 Å². The quantitative estimate of drug-likeness (QED) is 0.654. The average Bonchev–Trinajstić information content (AvgIpc) is 2.54. The van der Waals surface area contributed by atoms with Crippen molar-refractivity contribution in [3.8, 4) is 11.5 Å². The number of fused-ring (bicyclic) bond motifs is 2. The first kappa shape index (κ1) is 18.0. The van der Waals surface area contributed by atoms with E-state index in [-0.39, 0.29) is 28.6 Å². The van der Waals surface area contributed by atoms with Gasteiger partial charge in [0, 0.05) is 29.7 Å². The van der Waals surface area contributed by atoms with Crippen LogP contribution >= 0.6 is 0 Å². The lowest BCUT2D eigenvalue weighted by molar-refractivity contribution is -0.156. The lowest BCUT2D eigenvalue weighted by atomic mass is 9.89. The molecule has 3 rings (SSSR count). The minimum atomic E-state index is -0.805. The fourth-order valence-electron chi connectivity index (χ4n) is 3.03. The molecule has 1 atom stereocenters. The molecular weight excluding hydrogens is 336 g/mol. The van der Waals surface area contributed by atoms with Gasteiger partial charge in [-0.1, -0.05) is 6.08 Å². The van der Waals surface area contributed by atoms with Gasteiger partial charge in [0.2, 0.25) is 0 Å². The average molecular weight is 358 g/mol. The SMILES string of the molecule is CC=C(C)C(=O)OC1Cc2c(cc3oc(C)cc(=O)c3c2O)OC1(C)C. The van der Waals surface area contributed by atoms with Crippen LogP contribution in [0.2, 0.25) is 0 Å². The zero-order valence-electron chi connectivity index (χ0n) is 15.5. The largest absolute Gasteiger partial charge is 0.507 e. The van der Waals surface area contributed by atoms with Crippen LogP contribution < -0.4 is 10.2 Å². The Balaban J connectivity index is 2.09. The predicted molar refractivity (Wildman–Crippen MR) is 96.6 cm³/mol. The zero-order valence-corrected chi connectivity index (χ0v) is 15.5. The summed E-state index contributed by atoms with van der Waals surface area (Å²) in [6.45, 7) is 8.72. The summed E-state index contributed by atoms with van der Waals surface area (Å²) in [5, 5.41) is 10.8. The van der Waals surface area contributed by atoms with E-state index in [0.29, 0.717) is 22.6 Å². The maximum Gasteiger partial charge on any atom is 0.333 e. The number of carbonyl (C=O) groups excluding carboxylic acids is 1. The number of ether oxygens (including phenoxy) is 2. The summed E-state index contributed by atoms with van der Waals surface area (Å²) in [7, 11) is 0. The van der Waals surface area contributed by atoms with E-state index >= 15 is 0 Å². The number of benzene rings is 1. The number of hydrogen-bond donors (Lipinski definition) is 1. The van der Waals surface area contributed by atoms with Gasteiger partial charge in [-0.05, 0) is 34.6 Å². The van der Waals surface area contributed by atoms with Crippen LogP contribution in [0.1, 0.15) is 39.0 Å². The minimum Gasteiger partial charge on any atom is -0.507 e. The molecule has 1 aromatic carbocycles. The van der Waals surface area contributed by atoms with Crippen molar-refractivity contribution < 1.29 is 23.8 Å². The van der Waals surface area contributed by atoms with E-state index in [1.165, 1.54) is 6.07 Å². The molecule has 6 nitrogen and oxygen atoms in total. The molecule has 0 saturated heterocycles. The summed E-state index contributed by atoms with van der Waals surface area (Å²) in [5.74, 6) is 0.243. The number of allylic oxidation sites excluding steroid dienone is 1. The first-order chi connectivity index (χ1) is 12.1. The Hall–Kier alpha value is -2.76. The van der Waals surface area contributed by atoms with Gasteiger partial charge in [0.15, 0.2) is 5.43 Å². The van der Waals surface area contributed by atoms with Crippen molar-refractivity contribution in [1.29, 1.82) is 0 Å². The second-order valence-electron chi connectivity index (χ2n) is 7.07. The Labute approximate surface area is 151 Å². The van der Waals surface area contributed by atoms with Crippen molar-refractivity contribution in [3.63, 3.8) is 0 Å². The van der Waals surface area contributed by atoms with E-state index in [1.807, 2.05) is 13.8 Å². The standard InChI is InChI=1S/C20H22O6/c1-6-10(2)19(23)25-16-8-12-14(26-20(16,4)5)9-15-17(18(12)22)13(21)7-11(3)24-15/h6-7,9,16,22H,8H2,1-5H3. The molecule has 1 aliphatic rings. The number of esters is 1. The second kappa shape index (κ2) is 6.20. The van der Waals surface area contributed by atoms with Gasteiger partial charge >= 0.3 is 5.97 Å². The highest BCUT2D eigenvalue weighted by Gasteiger charge is 2.41. The van der Waals surface area contributed by atoms with Gasteiger partial charge in [-0.25, -0.2) is 4.79 Å². The minimum absolute atomic E-state index is 0.104. The number of carbonyl (C=O) groups is 1. The van der Waals surface area contributed by atoms with Crippen molar-refractivity contribution in [1.82, 2.24) is 0 Å². The van der Waals surface area contributed by atoms with Crippen molar-refractivity contribution in [2.24, 2.45) is 0 Å². The first-order valence-corrected chi connectivity index (χ1v) is 8.46. The van der Waals surface area contributed by atoms with Crippen LogP contribution in [-0.4, -0.2) is 22.8 Å². The number of hydrogen-bond acceptors (Lipinski definition) is 6. The number of rotatable bonds is 2. The van der Waals surface area contributed by atoms with Gasteiger partial charge < -0.3 is 19.0 Å². The van der Waals surface area contributed by atoms with E-state index in [0.717, 1.165) is 0 Å². The lowest BCUT2D eigenvalue weighted by Gasteiger charge is -2.39. The molecule has 1 N–H and O–H groups in total. The smallest absolute Gasteiger partial charge is 0.333 e. The van der Waals surface area contributed by atoms with Crippen molar-refractivity contribution in [2.45, 2.75) is 52.7 Å². The molecule has 6 heteroatoms. The van der Waals surface area contributed by atoms with Crippen LogP contribution in [0.25, 0.3) is 11.0 Å². The normalized spacial score (nSPS) is 19.0. The highest BCUT2D eigenvalue weighted by Crippen LogP contribution is 2.42. The molecule has 0 fully saturated rings. The van der Waals surface area contributed by atoms with Gasteiger partial charge in [-0.3, -0.25) is 4.79 Å². The molecule has 138 valence electrons. The van der Waals surface area contributed by atoms with Crippen LogP contribution in [0, 0.1) is 6.92 Å². The van der Waals surface area contributed by atoms with E-state index in [4.69, 9.17) is 13.9 Å². The molecule has 0 radical (unpaired) electrons. The molecule has 0 bridgehead atoms. The van der Waals surface area contributed by atoms with Crippen molar-refractivity contribution in [3.05, 3.63) is 45.3 Å². The summed E-state index contributed by atoms with van der Waals surface area (Å²) < 4.78 is 17.1. The van der Waals surface area contributed by atoms with E-state index in [2.05, 4.69) is 0 Å². The van der Waals surface area contributed by atoms with Gasteiger partial charge in [0.1, 0.15) is 39.9 Å². The summed E-state index contributed by atoms with van der Waals surface area (Å²) in [6.07, 6.45) is 1.30. The number of aromatic hydroxyl groups is 1. The van der Waals surface area contributed by atoms with E-state index in [1.54, 1.807) is 32.9 Å². The third-order valence-electron chi connectivity index (χ3n) is 4.72. The summed E-state index contributed by atoms with van der Waals surface area (Å²) >= 11 is 0. The van der Waals surface area contributed by atoms with E-state index < -0.39 is 17.7 Å². The molecule has 0 amide bonds. The Morgan fingerprint density at radius 2 is 2.08 bits per heavy atom. The third-order valence-corrected chi connectivity index (χ3v) is 4.72. The van der Waals surface area contributed by atoms with Gasteiger partial charge in [-0.15, -0.1) is 0 Å². The Kier molecular flexibility index (Phi) is 4.30. The predicted octanol–water partition coefficient (Wildman–Crippen LogP) is 3.40. The third kappa shape index (κ3) is 2.96. The molecule has 0 aliphatic carbocycles. The summed E-state index contributed by atoms with van der Waals surface area (Å²) in [4.78, 5) is 24.4. The maximum atomic E-state index is 12.3. The molecule has 2 heterocycles. The van der Waals surface area contributed by atoms with Gasteiger partial charge in [-0.2, -0.15) is 0 Å². The Morgan fingerprint density at radius 3 is 2.73 bits per heavy atom. The van der Waals surface area contributed by atoms with E-state index in [9.17, 15) is 14.7 Å². The summed E-state index contributed by atoms with van der Waals surface area (Å²) in [6, 6.07) is 2.94. The lowest BCUT2D eigenvalue weighted by Crippen LogP contribution is -2.49. The van der Waals surface area contributed by atoms with Crippen molar-refractivity contribution >= 4 is 16.9 Å². The molecular formula is C20H22O6. The molecule has 1 unspecified atom stereocenters. The van der Waals surface area contributed by atoms with Crippen LogP contribution in [0.5, 0.6) is 11.5 Å². The highest BCUT2D eigenvalue weighted by atomic mass is 16.6. The molecule has 0 saturated carbocycles. The van der Waals surface area contributed by atoms with Crippen LogP contribution in [-0.2, 0) is 16.0 Å². The monoisotopic (exact) mass is 358 g/mol. The molecule has 2 aromatic rings. The van der Waals surface area contributed by atoms with Gasteiger partial charge in [0.25, 0.3) is 0 Å². The number of phenols is 1. The topological polar surface area (TPSA) is 86.0 Å². The fraction of sp³-hybridized carbons (Fsp3) is 0.400. The highest BCUT2D eigenvalue weighted by molar-refractivity contribution is 5.88. The Morgan fingerprint density at radius 1 is 1.38 bits per heavy atom. The summed E-state index contributed by atoms with van der Waals surface area (Å²) in [5.41, 5.74) is 0.0600. The zero-order chi connectivity index (χ0) is 19.2. The number of phenolic OH excluding ortho intramolecular Hbond substituents is 1. The van der Waals surface area contributed by atoms with Crippen molar-refractivity contribution in [2.75, 3.05) is 0 Å². The van der Waals surface area contributed by atoms with Crippen LogP contribution in [0.3, 0.4) is 0 Å². The molecule has 0 spiro atoms. The van der Waals surface area contributed by atoms with Crippen LogP contribution in [0.15, 0.2) is 33.0 Å². The number of aryl methyl sites for hydroxylation is 1. The Bertz CT molecular complexity index is 980. The van der Waals surface area contributed by atoms with Gasteiger partial charge in [0.05, 0.1) is 0 Å².